The Kier molecular flexibility index (Phi) is 7.42. The molecule has 0 bridgehead atoms. The molecular weight excluding hydrogens is 184 g/mol. The highest BCUT2D eigenvalue weighted by Crippen LogP contribution is 1.93. The zero-order valence-corrected chi connectivity index (χ0v) is 7.39. The van der Waals surface area contributed by atoms with E-state index in [0.29, 0.717) is 6.61 Å². The molecular formula is C7H13F2NO3. The van der Waals surface area contributed by atoms with Crippen molar-refractivity contribution in [2.24, 2.45) is 0 Å². The van der Waals surface area contributed by atoms with E-state index in [2.05, 4.69) is 15.1 Å². The van der Waals surface area contributed by atoms with Gasteiger partial charge >= 0.3 is 0 Å². The monoisotopic (exact) mass is 197 g/mol. The molecule has 0 aliphatic heterocycles. The van der Waals surface area contributed by atoms with Gasteiger partial charge in [0.15, 0.2) is 0 Å². The Bertz CT molecular complexity index is 144. The van der Waals surface area contributed by atoms with Gasteiger partial charge < -0.3 is 4.74 Å². The number of nitrogens with one attached hydrogen (secondary N) is 1. The van der Waals surface area contributed by atoms with E-state index in [1.54, 1.807) is 6.92 Å². The maximum absolute atomic E-state index is 11.5. The SMILES string of the molecule is CCONC(=O)CCOCC(F)F. The van der Waals surface area contributed by atoms with E-state index in [-0.39, 0.29) is 18.9 Å². The van der Waals surface area contributed by atoms with Gasteiger partial charge in [-0.25, -0.2) is 14.3 Å². The van der Waals surface area contributed by atoms with E-state index in [1.807, 2.05) is 0 Å². The van der Waals surface area contributed by atoms with Crippen LogP contribution in [-0.2, 0) is 14.4 Å². The number of carbonyl (C=O) groups excluding carboxylic acids is 1. The first-order valence-electron chi connectivity index (χ1n) is 3.93. The molecule has 0 aliphatic carbocycles. The molecule has 13 heavy (non-hydrogen) atoms. The first-order chi connectivity index (χ1) is 6.16. The summed E-state index contributed by atoms with van der Waals surface area (Å²) < 4.78 is 27.5. The van der Waals surface area contributed by atoms with Crippen LogP contribution >= 0.6 is 0 Å². The van der Waals surface area contributed by atoms with Gasteiger partial charge in [0.2, 0.25) is 5.91 Å². The van der Waals surface area contributed by atoms with Crippen LogP contribution < -0.4 is 5.48 Å². The molecule has 0 heterocycles. The first kappa shape index (κ1) is 12.2. The molecule has 0 rings (SSSR count). The van der Waals surface area contributed by atoms with Crippen LogP contribution in [0.1, 0.15) is 13.3 Å². The fourth-order valence-corrected chi connectivity index (χ4v) is 0.541. The lowest BCUT2D eigenvalue weighted by Gasteiger charge is -2.04. The van der Waals surface area contributed by atoms with Gasteiger partial charge in [0, 0.05) is 0 Å². The fourth-order valence-electron chi connectivity index (χ4n) is 0.541. The number of hydrogen-bond donors (Lipinski definition) is 1. The zero-order valence-electron chi connectivity index (χ0n) is 7.39. The standard InChI is InChI=1S/C7H13F2NO3/c1-2-13-10-7(11)3-4-12-5-6(8)9/h6H,2-5H2,1H3,(H,10,11). The predicted molar refractivity (Wildman–Crippen MR) is 41.2 cm³/mol. The van der Waals surface area contributed by atoms with Gasteiger partial charge in [-0.3, -0.25) is 9.63 Å². The number of amides is 1. The second-order valence-electron chi connectivity index (χ2n) is 2.17. The van der Waals surface area contributed by atoms with Crippen molar-refractivity contribution in [1.82, 2.24) is 5.48 Å². The van der Waals surface area contributed by atoms with Crippen LogP contribution in [0.25, 0.3) is 0 Å². The summed E-state index contributed by atoms with van der Waals surface area (Å²) in [5.41, 5.74) is 2.11. The lowest BCUT2D eigenvalue weighted by atomic mass is 10.4. The number of ether oxygens (including phenoxy) is 1. The number of hydrogen-bond acceptors (Lipinski definition) is 3. The van der Waals surface area contributed by atoms with Crippen molar-refractivity contribution in [3.8, 4) is 0 Å². The number of carbonyl (C=O) groups is 1. The molecule has 0 aromatic rings. The molecule has 0 atom stereocenters. The third-order valence-corrected chi connectivity index (χ3v) is 1.05. The summed E-state index contributed by atoms with van der Waals surface area (Å²) in [6.07, 6.45) is -2.47. The van der Waals surface area contributed by atoms with Gasteiger partial charge in [-0.1, -0.05) is 0 Å². The number of rotatable bonds is 7. The Morgan fingerprint density at radius 2 is 2.23 bits per heavy atom. The number of halogens is 2. The van der Waals surface area contributed by atoms with Crippen molar-refractivity contribution in [2.75, 3.05) is 19.8 Å². The molecule has 0 spiro atoms. The summed E-state index contributed by atoms with van der Waals surface area (Å²) in [6, 6.07) is 0. The van der Waals surface area contributed by atoms with Crippen LogP contribution in [-0.4, -0.2) is 32.2 Å². The molecule has 0 aromatic heterocycles. The second kappa shape index (κ2) is 7.88. The predicted octanol–water partition coefficient (Wildman–Crippen LogP) is 0.726. The fraction of sp³-hybridized carbons (Fsp3) is 0.857. The normalized spacial score (nSPS) is 10.5. The third kappa shape index (κ3) is 9.16. The van der Waals surface area contributed by atoms with E-state index in [1.165, 1.54) is 0 Å². The highest BCUT2D eigenvalue weighted by atomic mass is 19.3. The van der Waals surface area contributed by atoms with E-state index >= 15 is 0 Å². The Morgan fingerprint density at radius 1 is 1.54 bits per heavy atom. The summed E-state index contributed by atoms with van der Waals surface area (Å²) in [4.78, 5) is 15.3. The van der Waals surface area contributed by atoms with Crippen molar-refractivity contribution in [2.45, 2.75) is 19.8 Å². The Labute approximate surface area is 75.2 Å². The highest BCUT2D eigenvalue weighted by Gasteiger charge is 2.04. The average Bonchev–Trinajstić information content (AvgIpc) is 2.08. The summed E-state index contributed by atoms with van der Waals surface area (Å²) in [7, 11) is 0. The van der Waals surface area contributed by atoms with Gasteiger partial charge in [0.1, 0.15) is 6.61 Å². The van der Waals surface area contributed by atoms with Crippen LogP contribution in [0.5, 0.6) is 0 Å². The molecule has 4 nitrogen and oxygen atoms in total. The van der Waals surface area contributed by atoms with Gasteiger partial charge in [-0.2, -0.15) is 0 Å². The smallest absolute Gasteiger partial charge is 0.261 e. The molecule has 6 heteroatoms. The lowest BCUT2D eigenvalue weighted by Crippen LogP contribution is -2.24. The minimum Gasteiger partial charge on any atom is -0.375 e. The van der Waals surface area contributed by atoms with E-state index in [9.17, 15) is 13.6 Å². The first-order valence-corrected chi connectivity index (χ1v) is 3.93. The summed E-state index contributed by atoms with van der Waals surface area (Å²) >= 11 is 0. The quantitative estimate of drug-likeness (QED) is 0.483. The van der Waals surface area contributed by atoms with E-state index in [0.717, 1.165) is 0 Å². The Balaban J connectivity index is 3.17. The largest absolute Gasteiger partial charge is 0.375 e. The van der Waals surface area contributed by atoms with Crippen LogP contribution in [0, 0.1) is 0 Å². The topological polar surface area (TPSA) is 47.6 Å². The second-order valence-corrected chi connectivity index (χ2v) is 2.17. The van der Waals surface area contributed by atoms with Crippen molar-refractivity contribution < 1.29 is 23.1 Å². The van der Waals surface area contributed by atoms with Gasteiger partial charge in [-0.15, -0.1) is 0 Å². The minimum absolute atomic E-state index is 0.0206. The summed E-state index contributed by atoms with van der Waals surface area (Å²) in [5.74, 6) is -0.379. The molecule has 0 aromatic carbocycles. The van der Waals surface area contributed by atoms with Crippen molar-refractivity contribution >= 4 is 5.91 Å². The summed E-state index contributed by atoms with van der Waals surface area (Å²) in [5, 5.41) is 0. The van der Waals surface area contributed by atoms with Crippen molar-refractivity contribution in [1.29, 1.82) is 0 Å². The van der Waals surface area contributed by atoms with Crippen LogP contribution in [0.3, 0.4) is 0 Å². The van der Waals surface area contributed by atoms with E-state index in [4.69, 9.17) is 0 Å². The van der Waals surface area contributed by atoms with Gasteiger partial charge in [-0.05, 0) is 6.92 Å². The average molecular weight is 197 g/mol. The molecule has 0 radical (unpaired) electrons. The molecule has 0 saturated heterocycles. The van der Waals surface area contributed by atoms with Crippen molar-refractivity contribution in [3.63, 3.8) is 0 Å². The highest BCUT2D eigenvalue weighted by molar-refractivity contribution is 5.74. The number of hydroxylamine groups is 1. The molecule has 0 aliphatic rings. The maximum atomic E-state index is 11.5. The van der Waals surface area contributed by atoms with Crippen LogP contribution in [0.2, 0.25) is 0 Å². The third-order valence-electron chi connectivity index (χ3n) is 1.05. The Morgan fingerprint density at radius 3 is 2.77 bits per heavy atom. The molecule has 78 valence electrons. The maximum Gasteiger partial charge on any atom is 0.261 e. The van der Waals surface area contributed by atoms with Crippen LogP contribution in [0.15, 0.2) is 0 Å². The molecule has 0 saturated carbocycles. The number of alkyl halides is 2. The molecule has 0 unspecified atom stereocenters. The summed E-state index contributed by atoms with van der Waals surface area (Å²) in [6.45, 7) is 1.42. The van der Waals surface area contributed by atoms with Gasteiger partial charge in [0.25, 0.3) is 6.43 Å². The van der Waals surface area contributed by atoms with Gasteiger partial charge in [0.05, 0.1) is 19.6 Å². The van der Waals surface area contributed by atoms with Crippen LogP contribution in [0.4, 0.5) is 8.78 Å². The molecule has 0 fully saturated rings. The lowest BCUT2D eigenvalue weighted by molar-refractivity contribution is -0.134. The van der Waals surface area contributed by atoms with Crippen molar-refractivity contribution in [3.05, 3.63) is 0 Å². The molecule has 1 N–H and O–H groups in total. The Hall–Kier alpha value is -0.750. The zero-order chi connectivity index (χ0) is 10.1. The molecule has 1 amide bonds. The van der Waals surface area contributed by atoms with E-state index < -0.39 is 13.0 Å². The minimum atomic E-state index is -2.49.